The smallest absolute Gasteiger partial charge is 0.00101 e. The topological polar surface area (TPSA) is 3.24 Å². The molecule has 1 heteroatoms. The quantitative estimate of drug-likeness (QED) is 0.0983. The van der Waals surface area contributed by atoms with Crippen molar-refractivity contribution < 1.29 is 0 Å². The zero-order valence-corrected chi connectivity index (χ0v) is 24.9. The van der Waals surface area contributed by atoms with Crippen LogP contribution in [0.15, 0.2) is 0 Å². The van der Waals surface area contributed by atoms with Gasteiger partial charge in [-0.15, -0.1) is 0 Å². The Balaban J connectivity index is 1.75. The molecule has 0 amide bonds. The van der Waals surface area contributed by atoms with Crippen LogP contribution in [0, 0.1) is 5.92 Å². The number of unbranched alkanes of at least 4 members (excludes halogenated alkanes) is 24. The summed E-state index contributed by atoms with van der Waals surface area (Å²) >= 11 is 0. The molecule has 0 aromatic rings. The summed E-state index contributed by atoms with van der Waals surface area (Å²) in [6, 6.07) is 0. The van der Waals surface area contributed by atoms with Crippen molar-refractivity contribution in [3.63, 3.8) is 0 Å². The van der Waals surface area contributed by atoms with Crippen LogP contribution < -0.4 is 0 Å². The molecule has 0 bridgehead atoms. The molecule has 0 N–H and O–H groups in total. The van der Waals surface area contributed by atoms with E-state index in [1.165, 1.54) is 199 Å². The average Bonchev–Trinajstić information content (AvgIpc) is 3.32. The number of hydrogen-bond donors (Lipinski definition) is 0. The van der Waals surface area contributed by atoms with E-state index in [2.05, 4.69) is 18.7 Å². The first-order valence-corrected chi connectivity index (χ1v) is 17.1. The van der Waals surface area contributed by atoms with Gasteiger partial charge >= 0.3 is 0 Å². The number of nitrogens with zero attached hydrogens (tertiary/aromatic N) is 1. The highest BCUT2D eigenvalue weighted by molar-refractivity contribution is 4.75. The molecule has 1 aliphatic rings. The lowest BCUT2D eigenvalue weighted by molar-refractivity contribution is 0.309. The lowest BCUT2D eigenvalue weighted by Gasteiger charge is -2.16. The van der Waals surface area contributed by atoms with Crippen LogP contribution in [0.3, 0.4) is 0 Å². The van der Waals surface area contributed by atoms with Crippen molar-refractivity contribution >= 4 is 0 Å². The SMILES string of the molecule is CCCCCCCCCCCCCCCC1CCN(CCCCCCCCCCCCCCC)C1. The Morgan fingerprint density at radius 2 is 0.771 bits per heavy atom. The highest BCUT2D eigenvalue weighted by Crippen LogP contribution is 2.23. The number of likely N-dealkylation sites (tertiary alicyclic amines) is 1. The zero-order chi connectivity index (χ0) is 25.1. The lowest BCUT2D eigenvalue weighted by Crippen LogP contribution is -2.21. The molecule has 0 aromatic carbocycles. The fraction of sp³-hybridized carbons (Fsp3) is 1.00. The maximum atomic E-state index is 2.78. The molecular formula is C34H69N. The third kappa shape index (κ3) is 22.9. The van der Waals surface area contributed by atoms with Gasteiger partial charge in [-0.2, -0.15) is 0 Å². The largest absolute Gasteiger partial charge is 0.303 e. The van der Waals surface area contributed by atoms with Gasteiger partial charge in [-0.25, -0.2) is 0 Å². The normalized spacial score (nSPS) is 16.5. The van der Waals surface area contributed by atoms with E-state index in [0.717, 1.165) is 5.92 Å². The first-order chi connectivity index (χ1) is 17.4. The third-order valence-corrected chi connectivity index (χ3v) is 8.66. The van der Waals surface area contributed by atoms with Crippen LogP contribution in [-0.2, 0) is 0 Å². The van der Waals surface area contributed by atoms with Gasteiger partial charge in [0.25, 0.3) is 0 Å². The first kappa shape index (κ1) is 33.0. The molecule has 1 nitrogen and oxygen atoms in total. The molecular weight excluding hydrogens is 422 g/mol. The van der Waals surface area contributed by atoms with Crippen molar-refractivity contribution in [1.29, 1.82) is 0 Å². The van der Waals surface area contributed by atoms with Gasteiger partial charge in [-0.05, 0) is 38.3 Å². The lowest BCUT2D eigenvalue weighted by atomic mass is 9.99. The van der Waals surface area contributed by atoms with Crippen molar-refractivity contribution in [3.05, 3.63) is 0 Å². The fourth-order valence-electron chi connectivity index (χ4n) is 6.16. The van der Waals surface area contributed by atoms with E-state index < -0.39 is 0 Å². The summed E-state index contributed by atoms with van der Waals surface area (Å²) in [6.07, 6.45) is 41.2. The monoisotopic (exact) mass is 492 g/mol. The summed E-state index contributed by atoms with van der Waals surface area (Å²) in [7, 11) is 0. The summed E-state index contributed by atoms with van der Waals surface area (Å²) in [4.78, 5) is 2.78. The molecule has 1 atom stereocenters. The summed E-state index contributed by atoms with van der Waals surface area (Å²) < 4.78 is 0. The molecule has 0 radical (unpaired) electrons. The summed E-state index contributed by atoms with van der Waals surface area (Å²) in [5.74, 6) is 1.02. The fourth-order valence-corrected chi connectivity index (χ4v) is 6.16. The summed E-state index contributed by atoms with van der Waals surface area (Å²) in [5.41, 5.74) is 0. The molecule has 35 heavy (non-hydrogen) atoms. The zero-order valence-electron chi connectivity index (χ0n) is 24.9. The van der Waals surface area contributed by atoms with Crippen LogP contribution in [0.1, 0.15) is 194 Å². The predicted molar refractivity (Wildman–Crippen MR) is 161 cm³/mol. The van der Waals surface area contributed by atoms with Gasteiger partial charge in [0.1, 0.15) is 0 Å². The Labute approximate surface area is 224 Å². The van der Waals surface area contributed by atoms with Crippen LogP contribution in [0.2, 0.25) is 0 Å². The van der Waals surface area contributed by atoms with Crippen LogP contribution in [0.5, 0.6) is 0 Å². The van der Waals surface area contributed by atoms with E-state index in [-0.39, 0.29) is 0 Å². The van der Waals surface area contributed by atoms with Crippen molar-refractivity contribution in [2.24, 2.45) is 5.92 Å². The Morgan fingerprint density at radius 3 is 1.17 bits per heavy atom. The van der Waals surface area contributed by atoms with Crippen molar-refractivity contribution in [3.8, 4) is 0 Å². The van der Waals surface area contributed by atoms with E-state index in [4.69, 9.17) is 0 Å². The van der Waals surface area contributed by atoms with Gasteiger partial charge in [0.05, 0.1) is 0 Å². The highest BCUT2D eigenvalue weighted by atomic mass is 15.1. The maximum absolute atomic E-state index is 2.78. The number of hydrogen-bond acceptors (Lipinski definition) is 1. The molecule has 1 heterocycles. The standard InChI is InChI=1S/C34H69N/c1-3-5-7-9-11-13-15-17-19-21-23-25-27-29-34-30-32-35(33-34)31-28-26-24-22-20-18-16-14-12-10-8-6-4-2/h34H,3-33H2,1-2H3. The molecule has 0 aromatic heterocycles. The van der Waals surface area contributed by atoms with Gasteiger partial charge < -0.3 is 4.90 Å². The van der Waals surface area contributed by atoms with Crippen molar-refractivity contribution in [2.75, 3.05) is 19.6 Å². The van der Waals surface area contributed by atoms with E-state index >= 15 is 0 Å². The molecule has 1 saturated heterocycles. The average molecular weight is 492 g/mol. The van der Waals surface area contributed by atoms with Crippen molar-refractivity contribution in [1.82, 2.24) is 4.90 Å². The van der Waals surface area contributed by atoms with Crippen LogP contribution in [-0.4, -0.2) is 24.5 Å². The van der Waals surface area contributed by atoms with E-state index in [0.29, 0.717) is 0 Å². The summed E-state index contributed by atoms with van der Waals surface area (Å²) in [5, 5.41) is 0. The minimum Gasteiger partial charge on any atom is -0.303 e. The van der Waals surface area contributed by atoms with Gasteiger partial charge in [0, 0.05) is 6.54 Å². The minimum atomic E-state index is 1.02. The Morgan fingerprint density at radius 1 is 0.429 bits per heavy atom. The molecule has 1 fully saturated rings. The highest BCUT2D eigenvalue weighted by Gasteiger charge is 2.21. The summed E-state index contributed by atoms with van der Waals surface area (Å²) in [6.45, 7) is 8.80. The van der Waals surface area contributed by atoms with Crippen LogP contribution in [0.4, 0.5) is 0 Å². The molecule has 1 unspecified atom stereocenters. The molecule has 0 aliphatic carbocycles. The molecule has 0 spiro atoms. The second-order valence-corrected chi connectivity index (χ2v) is 12.2. The van der Waals surface area contributed by atoms with E-state index in [9.17, 15) is 0 Å². The predicted octanol–water partition coefficient (Wildman–Crippen LogP) is 11.9. The second-order valence-electron chi connectivity index (χ2n) is 12.2. The Kier molecular flexibility index (Phi) is 25.5. The Bertz CT molecular complexity index is 356. The second kappa shape index (κ2) is 27.0. The first-order valence-electron chi connectivity index (χ1n) is 17.1. The maximum Gasteiger partial charge on any atom is 0.00101 e. The van der Waals surface area contributed by atoms with E-state index in [1.54, 1.807) is 0 Å². The Hall–Kier alpha value is -0.0400. The minimum absolute atomic E-state index is 1.02. The van der Waals surface area contributed by atoms with Gasteiger partial charge in [0.2, 0.25) is 0 Å². The van der Waals surface area contributed by atoms with E-state index in [1.807, 2.05) is 0 Å². The molecule has 210 valence electrons. The third-order valence-electron chi connectivity index (χ3n) is 8.66. The van der Waals surface area contributed by atoms with Gasteiger partial charge in [0.15, 0.2) is 0 Å². The van der Waals surface area contributed by atoms with Gasteiger partial charge in [-0.1, -0.05) is 174 Å². The van der Waals surface area contributed by atoms with Crippen molar-refractivity contribution in [2.45, 2.75) is 194 Å². The van der Waals surface area contributed by atoms with Crippen LogP contribution >= 0.6 is 0 Å². The van der Waals surface area contributed by atoms with Gasteiger partial charge in [-0.3, -0.25) is 0 Å². The van der Waals surface area contributed by atoms with Crippen LogP contribution in [0.25, 0.3) is 0 Å². The molecule has 1 aliphatic heterocycles. The molecule has 1 rings (SSSR count). The molecule has 0 saturated carbocycles. The number of rotatable bonds is 28.